The Morgan fingerprint density at radius 2 is 1.52 bits per heavy atom. The van der Waals surface area contributed by atoms with Crippen LogP contribution in [0.1, 0.15) is 36.0 Å². The molecule has 0 unspecified atom stereocenters. The van der Waals surface area contributed by atoms with Gasteiger partial charge in [-0.1, -0.05) is 36.7 Å². The highest BCUT2D eigenvalue weighted by molar-refractivity contribution is 7.85. The molecule has 0 heterocycles. The molecule has 0 bridgehead atoms. The van der Waals surface area contributed by atoms with Crippen LogP contribution in [0.15, 0.2) is 12.1 Å². The predicted octanol–water partition coefficient (Wildman–Crippen LogP) is -1.41. The molecular weight excluding hydrogens is 369 g/mol. The highest BCUT2D eigenvalue weighted by Crippen LogP contribution is 2.27. The van der Waals surface area contributed by atoms with E-state index in [4.69, 9.17) is 9.29 Å². The van der Waals surface area contributed by atoms with Gasteiger partial charge in [-0.25, -0.2) is 0 Å². The van der Waals surface area contributed by atoms with Crippen molar-refractivity contribution in [1.29, 1.82) is 0 Å². The molecule has 0 radical (unpaired) electrons. The first kappa shape index (κ1) is 23.3. The molecular formula is C16H25B3O7S. The number of rotatable bonds is 11. The van der Waals surface area contributed by atoms with Gasteiger partial charge in [-0.15, -0.1) is 0 Å². The summed E-state index contributed by atoms with van der Waals surface area (Å²) in [4.78, 5) is 23.6. The van der Waals surface area contributed by atoms with E-state index in [1.165, 1.54) is 5.56 Å². The minimum atomic E-state index is -4.16. The lowest BCUT2D eigenvalue weighted by Crippen LogP contribution is -2.15. The van der Waals surface area contributed by atoms with Crippen LogP contribution in [0.25, 0.3) is 0 Å². The number of carbonyl (C=O) groups is 2. The summed E-state index contributed by atoms with van der Waals surface area (Å²) in [6.45, 7) is -0.411. The zero-order valence-electron chi connectivity index (χ0n) is 16.1. The fraction of sp³-hybridized carbons (Fsp3) is 0.500. The van der Waals surface area contributed by atoms with Crippen molar-refractivity contribution in [2.75, 3.05) is 12.4 Å². The van der Waals surface area contributed by atoms with Gasteiger partial charge in [0.1, 0.15) is 41.6 Å². The lowest BCUT2D eigenvalue weighted by atomic mass is 9.85. The van der Waals surface area contributed by atoms with Gasteiger partial charge in [-0.2, -0.15) is 8.42 Å². The number of ether oxygens (including phenoxy) is 2. The van der Waals surface area contributed by atoms with Crippen molar-refractivity contribution in [2.45, 2.75) is 38.2 Å². The first-order valence-corrected chi connectivity index (χ1v) is 10.8. The van der Waals surface area contributed by atoms with Gasteiger partial charge in [-0.3, -0.25) is 14.1 Å². The van der Waals surface area contributed by atoms with Gasteiger partial charge in [-0.05, 0) is 17.5 Å². The molecule has 0 aliphatic carbocycles. The van der Waals surface area contributed by atoms with Gasteiger partial charge in [0.25, 0.3) is 10.1 Å². The Morgan fingerprint density at radius 3 is 2.00 bits per heavy atom. The van der Waals surface area contributed by atoms with Gasteiger partial charge in [0, 0.05) is 12.8 Å². The van der Waals surface area contributed by atoms with Crippen LogP contribution in [0.2, 0.25) is 0 Å². The normalized spacial score (nSPS) is 11.1. The number of esters is 2. The molecule has 11 heteroatoms. The fourth-order valence-corrected chi connectivity index (χ4v) is 2.86. The summed E-state index contributed by atoms with van der Waals surface area (Å²) < 4.78 is 39.9. The molecule has 1 rings (SSSR count). The maximum absolute atomic E-state index is 12.1. The second kappa shape index (κ2) is 11.2. The zero-order valence-corrected chi connectivity index (χ0v) is 16.9. The summed E-state index contributed by atoms with van der Waals surface area (Å²) in [6.07, 6.45) is 2.67. The first-order valence-electron chi connectivity index (χ1n) is 9.16. The Labute approximate surface area is 163 Å². The summed E-state index contributed by atoms with van der Waals surface area (Å²) in [5, 5.41) is 0. The number of benzene rings is 1. The number of hydrogen-bond donors (Lipinski definition) is 1. The minimum Gasteiger partial charge on any atom is -0.464 e. The molecule has 1 aromatic rings. The smallest absolute Gasteiger partial charge is 0.311 e. The number of hydrogen-bond acceptors (Lipinski definition) is 6. The fourth-order valence-electron chi connectivity index (χ4n) is 2.56. The Morgan fingerprint density at radius 1 is 0.963 bits per heavy atom. The van der Waals surface area contributed by atoms with Crippen molar-refractivity contribution < 1.29 is 32.0 Å². The molecule has 0 saturated heterocycles. The van der Waals surface area contributed by atoms with E-state index in [0.29, 0.717) is 5.75 Å². The van der Waals surface area contributed by atoms with Crippen LogP contribution in [-0.4, -0.2) is 60.8 Å². The van der Waals surface area contributed by atoms with Gasteiger partial charge >= 0.3 is 11.9 Å². The second-order valence-electron chi connectivity index (χ2n) is 6.14. The quantitative estimate of drug-likeness (QED) is 0.213. The van der Waals surface area contributed by atoms with Crippen molar-refractivity contribution in [3.63, 3.8) is 0 Å². The summed E-state index contributed by atoms with van der Waals surface area (Å²) >= 11 is 0. The van der Waals surface area contributed by atoms with E-state index in [0.717, 1.165) is 30.1 Å². The Hall–Kier alpha value is -1.74. The predicted molar refractivity (Wildman–Crippen MR) is 110 cm³/mol. The van der Waals surface area contributed by atoms with Crippen molar-refractivity contribution >= 4 is 45.6 Å². The van der Waals surface area contributed by atoms with Crippen molar-refractivity contribution in [2.24, 2.45) is 0 Å². The molecule has 0 amide bonds. The Bertz CT molecular complexity index is 740. The van der Waals surface area contributed by atoms with Gasteiger partial charge in [0.15, 0.2) is 0 Å². The van der Waals surface area contributed by atoms with Crippen LogP contribution in [0.5, 0.6) is 5.75 Å². The summed E-state index contributed by atoms with van der Waals surface area (Å²) in [6, 6.07) is 4.10. The molecule has 0 saturated carbocycles. The molecule has 1 aromatic carbocycles. The summed E-state index contributed by atoms with van der Waals surface area (Å²) in [7, 11) is 1.94. The molecule has 7 nitrogen and oxygen atoms in total. The maximum atomic E-state index is 12.1. The van der Waals surface area contributed by atoms with E-state index >= 15 is 0 Å². The molecule has 0 aliphatic rings. The third kappa shape index (κ3) is 8.66. The van der Waals surface area contributed by atoms with E-state index < -0.39 is 34.4 Å². The van der Waals surface area contributed by atoms with E-state index in [2.05, 4.69) is 12.6 Å². The van der Waals surface area contributed by atoms with E-state index in [1.807, 2.05) is 27.8 Å². The highest BCUT2D eigenvalue weighted by atomic mass is 32.2. The lowest BCUT2D eigenvalue weighted by Gasteiger charge is -2.15. The van der Waals surface area contributed by atoms with Gasteiger partial charge in [0.2, 0.25) is 0 Å². The van der Waals surface area contributed by atoms with Crippen molar-refractivity contribution in [1.82, 2.24) is 0 Å². The number of carbonyl (C=O) groups excluding carboxylic acids is 2. The van der Waals surface area contributed by atoms with Crippen LogP contribution in [0.3, 0.4) is 0 Å². The molecule has 27 heavy (non-hydrogen) atoms. The highest BCUT2D eigenvalue weighted by Gasteiger charge is 2.15. The Kier molecular flexibility index (Phi) is 9.66. The van der Waals surface area contributed by atoms with Gasteiger partial charge < -0.3 is 9.47 Å². The molecule has 1 N–H and O–H groups in total. The maximum Gasteiger partial charge on any atom is 0.311 e. The van der Waals surface area contributed by atoms with Crippen LogP contribution in [-0.2, 0) is 43.4 Å². The molecule has 0 atom stereocenters. The molecule has 146 valence electrons. The van der Waals surface area contributed by atoms with Crippen molar-refractivity contribution in [3.8, 4) is 5.75 Å². The topological polar surface area (TPSA) is 107 Å². The first-order chi connectivity index (χ1) is 12.7. The van der Waals surface area contributed by atoms with Crippen LogP contribution >= 0.6 is 0 Å². The van der Waals surface area contributed by atoms with E-state index in [-0.39, 0.29) is 19.3 Å². The minimum absolute atomic E-state index is 0.0311. The largest absolute Gasteiger partial charge is 0.464 e. The summed E-state index contributed by atoms with van der Waals surface area (Å²) in [5.74, 6) is -1.08. The SMILES string of the molecule is BCc1cc(CB)c(OC(=O)CCCC(=O)OCCS(=O)(=O)O)c(CB)c1. The van der Waals surface area contributed by atoms with E-state index in [9.17, 15) is 18.0 Å². The third-order valence-corrected chi connectivity index (χ3v) is 4.74. The average Bonchev–Trinajstić information content (AvgIpc) is 2.60. The standard InChI is InChI=1S/C16H25B3O7S/c17-8-11-6-12(9-18)16(13(7-11)10-19)26-15(21)3-1-2-14(20)25-4-5-27(22,23)24/h6-7H,1-5,8-10,17-19H2,(H,22,23,24). The average molecular weight is 394 g/mol. The van der Waals surface area contributed by atoms with Crippen LogP contribution in [0, 0.1) is 0 Å². The zero-order chi connectivity index (χ0) is 20.4. The van der Waals surface area contributed by atoms with Gasteiger partial charge in [0.05, 0.1) is 0 Å². The lowest BCUT2D eigenvalue weighted by molar-refractivity contribution is -0.143. The summed E-state index contributed by atoms with van der Waals surface area (Å²) in [5.41, 5.74) is 3.18. The van der Waals surface area contributed by atoms with Crippen LogP contribution < -0.4 is 4.74 Å². The van der Waals surface area contributed by atoms with E-state index in [1.54, 1.807) is 0 Å². The molecule has 0 aromatic heterocycles. The molecule has 0 fully saturated rings. The van der Waals surface area contributed by atoms with Crippen LogP contribution in [0.4, 0.5) is 0 Å². The Balaban J connectivity index is 2.54. The third-order valence-electron chi connectivity index (χ3n) is 4.05. The molecule has 0 aliphatic heterocycles. The monoisotopic (exact) mass is 394 g/mol. The second-order valence-corrected chi connectivity index (χ2v) is 7.71. The molecule has 0 spiro atoms. The van der Waals surface area contributed by atoms with Crippen molar-refractivity contribution in [3.05, 3.63) is 28.8 Å².